The summed E-state index contributed by atoms with van der Waals surface area (Å²) < 4.78 is 63.7. The first kappa shape index (κ1) is 32.1. The number of hydrogen-bond acceptors (Lipinski definition) is 6. The zero-order chi connectivity index (χ0) is 32.6. The number of ether oxygens (including phenoxy) is 1. The topological polar surface area (TPSA) is 93.6 Å². The number of likely N-dealkylation sites (tertiary alicyclic amines) is 2. The lowest BCUT2D eigenvalue weighted by Gasteiger charge is -2.60. The van der Waals surface area contributed by atoms with Gasteiger partial charge < -0.3 is 24.7 Å². The Morgan fingerprint density at radius 2 is 1.74 bits per heavy atom. The van der Waals surface area contributed by atoms with Crippen molar-refractivity contribution in [2.24, 2.45) is 29.6 Å². The highest BCUT2D eigenvalue weighted by atomic mass is 19.4. The predicted octanol–water partition coefficient (Wildman–Crippen LogP) is 4.55. The van der Waals surface area contributed by atoms with Gasteiger partial charge in [0, 0.05) is 76.4 Å². The van der Waals surface area contributed by atoms with Gasteiger partial charge in [0.2, 0.25) is 5.67 Å². The highest BCUT2D eigenvalue weighted by Crippen LogP contribution is 2.57. The van der Waals surface area contributed by atoms with Crippen LogP contribution in [0, 0.1) is 29.6 Å². The Labute approximate surface area is 267 Å². The standard InChI is InChI=1S/C34H45F4N3O5/c1-46-18-24-16-41(31(44)33(35)6-9-40(19-33)29-22-10-20-11-23(29)15-32(45,13-20)14-22)17-27(24)26-3-2-25(34(36,37)38)12-28(26)39-7-4-21(5-8-39)30(42)43/h2-3,12,20-24,27,29,45H,4-11,13-19H2,1H3,(H,42,43)/t20?,22-,23+,24-,27+,29?,32?,33-/m1/s1. The number of carboxylic acids is 1. The Morgan fingerprint density at radius 3 is 2.35 bits per heavy atom. The second-order valence-electron chi connectivity index (χ2n) is 15.3. The highest BCUT2D eigenvalue weighted by molar-refractivity contribution is 5.86. The monoisotopic (exact) mass is 651 g/mol. The molecule has 3 unspecified atom stereocenters. The van der Waals surface area contributed by atoms with Crippen LogP contribution < -0.4 is 4.90 Å². The second kappa shape index (κ2) is 11.6. The zero-order valence-corrected chi connectivity index (χ0v) is 26.4. The van der Waals surface area contributed by atoms with Gasteiger partial charge in [-0.2, -0.15) is 13.2 Å². The normalized spacial score (nSPS) is 38.2. The lowest BCUT2D eigenvalue weighted by atomic mass is 9.52. The molecule has 254 valence electrons. The van der Waals surface area contributed by atoms with Crippen molar-refractivity contribution in [2.75, 3.05) is 57.9 Å². The Balaban J connectivity index is 1.10. The first-order valence-electron chi connectivity index (χ1n) is 16.9. The van der Waals surface area contributed by atoms with Crippen LogP contribution in [-0.4, -0.2) is 102 Å². The minimum absolute atomic E-state index is 0.0345. The number of halogens is 4. The van der Waals surface area contributed by atoms with Gasteiger partial charge in [0.25, 0.3) is 5.91 Å². The smallest absolute Gasteiger partial charge is 0.416 e. The molecule has 3 aliphatic heterocycles. The maximum absolute atomic E-state index is 16.7. The van der Waals surface area contributed by atoms with E-state index >= 15 is 4.39 Å². The quantitative estimate of drug-likeness (QED) is 0.418. The van der Waals surface area contributed by atoms with E-state index in [2.05, 4.69) is 4.90 Å². The van der Waals surface area contributed by atoms with E-state index in [1.165, 1.54) is 6.07 Å². The molecule has 4 bridgehead atoms. The molecule has 2 N–H and O–H groups in total. The fourth-order valence-electron chi connectivity index (χ4n) is 10.5. The lowest BCUT2D eigenvalue weighted by molar-refractivity contribution is -0.160. The minimum atomic E-state index is -4.56. The summed E-state index contributed by atoms with van der Waals surface area (Å²) in [5.74, 6) is -1.42. The molecule has 7 fully saturated rings. The third kappa shape index (κ3) is 5.70. The Kier molecular flexibility index (Phi) is 8.11. The number of methoxy groups -OCH3 is 1. The summed E-state index contributed by atoms with van der Waals surface area (Å²) in [4.78, 5) is 31.1. The number of aliphatic carboxylic acids is 1. The second-order valence-corrected chi connectivity index (χ2v) is 15.3. The van der Waals surface area contributed by atoms with E-state index in [1.54, 1.807) is 12.0 Å². The predicted molar refractivity (Wildman–Crippen MR) is 161 cm³/mol. The number of rotatable bonds is 7. The van der Waals surface area contributed by atoms with Gasteiger partial charge in [-0.25, -0.2) is 4.39 Å². The number of nitrogens with zero attached hydrogens (tertiary/aromatic N) is 3. The van der Waals surface area contributed by atoms with Crippen molar-refractivity contribution < 1.29 is 42.1 Å². The number of carbonyl (C=O) groups is 2. The molecule has 7 aliphatic rings. The van der Waals surface area contributed by atoms with Crippen LogP contribution in [0.1, 0.15) is 68.4 Å². The van der Waals surface area contributed by atoms with Crippen LogP contribution in [0.25, 0.3) is 0 Å². The van der Waals surface area contributed by atoms with Crippen molar-refractivity contribution in [2.45, 2.75) is 80.8 Å². The summed E-state index contributed by atoms with van der Waals surface area (Å²) in [7, 11) is 1.54. The Morgan fingerprint density at radius 1 is 1.04 bits per heavy atom. The van der Waals surface area contributed by atoms with Crippen molar-refractivity contribution in [1.82, 2.24) is 9.80 Å². The number of carboxylic acid groups (broad SMARTS) is 1. The zero-order valence-electron chi connectivity index (χ0n) is 26.4. The van der Waals surface area contributed by atoms with Gasteiger partial charge in [0.05, 0.1) is 23.7 Å². The van der Waals surface area contributed by atoms with E-state index in [9.17, 15) is 33.0 Å². The summed E-state index contributed by atoms with van der Waals surface area (Å²) >= 11 is 0. The number of anilines is 1. The molecular weight excluding hydrogens is 606 g/mol. The van der Waals surface area contributed by atoms with Crippen LogP contribution in [0.4, 0.5) is 23.2 Å². The highest BCUT2D eigenvalue weighted by Gasteiger charge is 2.59. The molecule has 8 nitrogen and oxygen atoms in total. The number of carbonyl (C=O) groups excluding carboxylic acids is 1. The van der Waals surface area contributed by atoms with Crippen LogP contribution in [0.15, 0.2) is 18.2 Å². The molecule has 1 amide bonds. The van der Waals surface area contributed by atoms with E-state index in [1.807, 2.05) is 4.90 Å². The maximum atomic E-state index is 16.7. The molecule has 46 heavy (non-hydrogen) atoms. The summed E-state index contributed by atoms with van der Waals surface area (Å²) in [6, 6.07) is 3.86. The van der Waals surface area contributed by atoms with Crippen molar-refractivity contribution in [3.8, 4) is 0 Å². The van der Waals surface area contributed by atoms with Crippen molar-refractivity contribution in [3.63, 3.8) is 0 Å². The van der Waals surface area contributed by atoms with Crippen molar-refractivity contribution in [3.05, 3.63) is 29.3 Å². The largest absolute Gasteiger partial charge is 0.481 e. The van der Waals surface area contributed by atoms with Gasteiger partial charge in [0.1, 0.15) is 0 Å². The Hall–Kier alpha value is -2.44. The lowest BCUT2D eigenvalue weighted by Crippen LogP contribution is -2.61. The molecular formula is C34H45F4N3O5. The van der Waals surface area contributed by atoms with Crippen LogP contribution in [0.5, 0.6) is 0 Å². The molecule has 0 radical (unpaired) electrons. The molecule has 1 aromatic rings. The molecule has 0 spiro atoms. The fourth-order valence-corrected chi connectivity index (χ4v) is 10.5. The van der Waals surface area contributed by atoms with E-state index in [4.69, 9.17) is 4.74 Å². The Bertz CT molecular complexity index is 1340. The van der Waals surface area contributed by atoms with E-state index in [-0.39, 0.29) is 50.5 Å². The number of hydrogen-bond donors (Lipinski definition) is 2. The van der Waals surface area contributed by atoms with E-state index < -0.39 is 40.8 Å². The van der Waals surface area contributed by atoms with Gasteiger partial charge >= 0.3 is 12.1 Å². The van der Waals surface area contributed by atoms with Crippen LogP contribution in [-0.2, 0) is 20.5 Å². The number of amides is 1. The number of aliphatic hydroxyl groups is 1. The molecule has 4 aliphatic carbocycles. The molecule has 3 heterocycles. The molecule has 12 heteroatoms. The SMILES string of the molecule is COC[C@H]1CN(C(=O)[C@@]2(F)CCN(C3[C@@H]4CC5C[C@H]3CC(O)(C5)C4)C2)C[C@@H]1c1ccc(C(F)(F)F)cc1N1CCC(C(=O)O)CC1. The van der Waals surface area contributed by atoms with E-state index in [0.717, 1.165) is 44.2 Å². The summed E-state index contributed by atoms with van der Waals surface area (Å²) in [6.07, 6.45) is 0.700. The molecule has 8 rings (SSSR count). The number of piperidine rings is 1. The summed E-state index contributed by atoms with van der Waals surface area (Å²) in [5, 5.41) is 20.5. The average Bonchev–Trinajstić information content (AvgIpc) is 3.59. The van der Waals surface area contributed by atoms with E-state index in [0.29, 0.717) is 61.5 Å². The first-order valence-corrected chi connectivity index (χ1v) is 16.9. The third-order valence-corrected chi connectivity index (χ3v) is 12.3. The first-order chi connectivity index (χ1) is 21.8. The molecule has 3 saturated heterocycles. The summed E-state index contributed by atoms with van der Waals surface area (Å²) in [5.41, 5.74) is -2.37. The molecule has 1 aromatic carbocycles. The minimum Gasteiger partial charge on any atom is -0.481 e. The maximum Gasteiger partial charge on any atom is 0.416 e. The van der Waals surface area contributed by atoms with Crippen molar-refractivity contribution >= 4 is 17.6 Å². The average molecular weight is 652 g/mol. The molecule has 4 saturated carbocycles. The molecule has 8 atom stereocenters. The van der Waals surface area contributed by atoms with Gasteiger partial charge in [0.15, 0.2) is 0 Å². The van der Waals surface area contributed by atoms with Crippen LogP contribution in [0.3, 0.4) is 0 Å². The van der Waals surface area contributed by atoms with Gasteiger partial charge in [-0.05, 0) is 80.4 Å². The number of alkyl halides is 4. The fraction of sp³-hybridized carbons (Fsp3) is 0.765. The third-order valence-electron chi connectivity index (χ3n) is 12.3. The summed E-state index contributed by atoms with van der Waals surface area (Å²) in [6.45, 7) is 1.82. The van der Waals surface area contributed by atoms with Crippen LogP contribution in [0.2, 0.25) is 0 Å². The molecule has 0 aromatic heterocycles. The van der Waals surface area contributed by atoms with Gasteiger partial charge in [-0.3, -0.25) is 14.5 Å². The van der Waals surface area contributed by atoms with Gasteiger partial charge in [-0.15, -0.1) is 0 Å². The van der Waals surface area contributed by atoms with Crippen LogP contribution >= 0.6 is 0 Å². The van der Waals surface area contributed by atoms with Gasteiger partial charge in [-0.1, -0.05) is 6.07 Å². The van der Waals surface area contributed by atoms with Crippen molar-refractivity contribution in [1.29, 1.82) is 0 Å². The number of benzene rings is 1.